The first-order valence-electron chi connectivity index (χ1n) is 12.2. The molecule has 1 aliphatic heterocycles. The van der Waals surface area contributed by atoms with Crippen molar-refractivity contribution in [3.63, 3.8) is 0 Å². The lowest BCUT2D eigenvalue weighted by Crippen LogP contribution is -2.54. The van der Waals surface area contributed by atoms with Gasteiger partial charge in [0.25, 0.3) is 11.8 Å². The van der Waals surface area contributed by atoms with Gasteiger partial charge in [0.2, 0.25) is 5.91 Å². The van der Waals surface area contributed by atoms with Crippen LogP contribution >= 0.6 is 0 Å². The summed E-state index contributed by atoms with van der Waals surface area (Å²) in [6, 6.07) is 15.1. The third-order valence-electron chi connectivity index (χ3n) is 6.15. The number of hydrogen-bond donors (Lipinski definition) is 2. The molecule has 3 aromatic carbocycles. The van der Waals surface area contributed by atoms with E-state index < -0.39 is 17.8 Å². The number of aryl methyl sites for hydroxylation is 3. The number of nitrogens with one attached hydrogen (secondary N) is 2. The van der Waals surface area contributed by atoms with Crippen LogP contribution in [-0.4, -0.2) is 30.9 Å². The van der Waals surface area contributed by atoms with E-state index in [0.717, 1.165) is 21.6 Å². The lowest BCUT2D eigenvalue weighted by molar-refractivity contribution is -0.122. The SMILES string of the molecule is COc1ccc(C=C2C(=O)NC(=O)N(c3c(C)cc(C)cc3C)C2=O)cc1COc1ccc(NC(C)=O)cc1. The van der Waals surface area contributed by atoms with Crippen LogP contribution in [0.5, 0.6) is 11.5 Å². The second kappa shape index (κ2) is 11.2. The third kappa shape index (κ3) is 5.98. The Morgan fingerprint density at radius 1 is 0.974 bits per heavy atom. The predicted octanol–water partition coefficient (Wildman–Crippen LogP) is 4.82. The van der Waals surface area contributed by atoms with E-state index in [9.17, 15) is 19.2 Å². The maximum atomic E-state index is 13.5. The Hall–Kier alpha value is -4.92. The molecule has 1 heterocycles. The van der Waals surface area contributed by atoms with Crippen molar-refractivity contribution in [1.29, 1.82) is 0 Å². The van der Waals surface area contributed by atoms with Crippen LogP contribution in [0.25, 0.3) is 6.08 Å². The van der Waals surface area contributed by atoms with Gasteiger partial charge in [0.1, 0.15) is 23.7 Å². The number of barbiturate groups is 1. The number of methoxy groups -OCH3 is 1. The third-order valence-corrected chi connectivity index (χ3v) is 6.15. The molecular weight excluding hydrogens is 498 g/mol. The Morgan fingerprint density at radius 3 is 2.26 bits per heavy atom. The van der Waals surface area contributed by atoms with Crippen molar-refractivity contribution in [2.75, 3.05) is 17.3 Å². The number of urea groups is 1. The lowest BCUT2D eigenvalue weighted by Gasteiger charge is -2.29. The van der Waals surface area contributed by atoms with Crippen molar-refractivity contribution in [2.45, 2.75) is 34.3 Å². The van der Waals surface area contributed by atoms with E-state index in [2.05, 4.69) is 10.6 Å². The van der Waals surface area contributed by atoms with Crippen LogP contribution < -0.4 is 25.0 Å². The van der Waals surface area contributed by atoms with E-state index in [0.29, 0.717) is 34.0 Å². The Bertz CT molecular complexity index is 1480. The molecule has 0 spiro atoms. The molecule has 0 atom stereocenters. The molecule has 9 nitrogen and oxygen atoms in total. The highest BCUT2D eigenvalue weighted by Crippen LogP contribution is 2.30. The fourth-order valence-corrected chi connectivity index (χ4v) is 4.55. The molecule has 3 aromatic rings. The minimum Gasteiger partial charge on any atom is -0.496 e. The number of anilines is 2. The first-order valence-corrected chi connectivity index (χ1v) is 12.2. The number of nitrogens with zero attached hydrogens (tertiary/aromatic N) is 1. The topological polar surface area (TPSA) is 114 Å². The summed E-state index contributed by atoms with van der Waals surface area (Å²) < 4.78 is 11.4. The molecule has 4 rings (SSSR count). The van der Waals surface area contributed by atoms with Crippen LogP contribution in [0.2, 0.25) is 0 Å². The van der Waals surface area contributed by atoms with Crippen LogP contribution in [0.15, 0.2) is 60.2 Å². The highest BCUT2D eigenvalue weighted by Gasteiger charge is 2.38. The number of imide groups is 2. The monoisotopic (exact) mass is 527 g/mol. The van der Waals surface area contributed by atoms with Crippen LogP contribution in [0, 0.1) is 20.8 Å². The Balaban J connectivity index is 1.61. The van der Waals surface area contributed by atoms with Crippen molar-refractivity contribution in [1.82, 2.24) is 5.32 Å². The van der Waals surface area contributed by atoms with Gasteiger partial charge in [-0.3, -0.25) is 19.7 Å². The molecule has 2 N–H and O–H groups in total. The molecule has 0 saturated carbocycles. The first-order chi connectivity index (χ1) is 18.6. The minimum atomic E-state index is -0.787. The van der Waals surface area contributed by atoms with E-state index in [1.165, 1.54) is 20.1 Å². The lowest BCUT2D eigenvalue weighted by atomic mass is 10.0. The number of rotatable bonds is 7. The summed E-state index contributed by atoms with van der Waals surface area (Å²) in [6.45, 7) is 7.15. The molecule has 1 saturated heterocycles. The zero-order valence-corrected chi connectivity index (χ0v) is 22.4. The molecule has 0 bridgehead atoms. The quantitative estimate of drug-likeness (QED) is 0.336. The van der Waals surface area contributed by atoms with E-state index in [1.54, 1.807) is 42.5 Å². The van der Waals surface area contributed by atoms with E-state index in [4.69, 9.17) is 9.47 Å². The van der Waals surface area contributed by atoms with Gasteiger partial charge in [-0.05, 0) is 79.9 Å². The van der Waals surface area contributed by atoms with Crippen molar-refractivity contribution >= 4 is 41.2 Å². The van der Waals surface area contributed by atoms with Gasteiger partial charge in [0.05, 0.1) is 12.8 Å². The van der Waals surface area contributed by atoms with Gasteiger partial charge in [-0.25, -0.2) is 9.69 Å². The Labute approximate surface area is 226 Å². The van der Waals surface area contributed by atoms with E-state index in [1.807, 2.05) is 32.9 Å². The van der Waals surface area contributed by atoms with Crippen LogP contribution in [0.1, 0.15) is 34.7 Å². The molecule has 200 valence electrons. The zero-order valence-electron chi connectivity index (χ0n) is 22.4. The maximum absolute atomic E-state index is 13.5. The first kappa shape index (κ1) is 27.1. The predicted molar refractivity (Wildman–Crippen MR) is 148 cm³/mol. The van der Waals surface area contributed by atoms with Crippen molar-refractivity contribution < 1.29 is 28.7 Å². The molecule has 5 amide bonds. The Morgan fingerprint density at radius 2 is 1.64 bits per heavy atom. The largest absolute Gasteiger partial charge is 0.496 e. The summed E-state index contributed by atoms with van der Waals surface area (Å²) in [6.07, 6.45) is 1.45. The number of benzene rings is 3. The summed E-state index contributed by atoms with van der Waals surface area (Å²) >= 11 is 0. The molecule has 1 fully saturated rings. The summed E-state index contributed by atoms with van der Waals surface area (Å²) in [4.78, 5) is 51.1. The van der Waals surface area contributed by atoms with Crippen LogP contribution in [-0.2, 0) is 21.0 Å². The fraction of sp³-hybridized carbons (Fsp3) is 0.200. The van der Waals surface area contributed by atoms with E-state index >= 15 is 0 Å². The summed E-state index contributed by atoms with van der Waals surface area (Å²) in [5, 5.41) is 4.98. The number of carbonyl (C=O) groups excluding carboxylic acids is 4. The normalized spacial score (nSPS) is 14.3. The van der Waals surface area contributed by atoms with Crippen LogP contribution in [0.4, 0.5) is 16.2 Å². The fourth-order valence-electron chi connectivity index (χ4n) is 4.55. The second-order valence-corrected chi connectivity index (χ2v) is 9.27. The van der Waals surface area contributed by atoms with Crippen molar-refractivity contribution in [3.05, 3.63) is 88.0 Å². The molecule has 0 unspecified atom stereocenters. The molecule has 0 radical (unpaired) electrons. The van der Waals surface area contributed by atoms with E-state index in [-0.39, 0.29) is 18.1 Å². The number of ether oxygens (including phenoxy) is 2. The van der Waals surface area contributed by atoms with Crippen molar-refractivity contribution in [2.24, 2.45) is 0 Å². The summed E-state index contributed by atoms with van der Waals surface area (Å²) in [5.41, 5.74) is 4.68. The number of hydrogen-bond acceptors (Lipinski definition) is 6. The molecular formula is C30H29N3O6. The average Bonchev–Trinajstić information content (AvgIpc) is 2.87. The van der Waals surface area contributed by atoms with Gasteiger partial charge < -0.3 is 14.8 Å². The zero-order chi connectivity index (χ0) is 28.3. The second-order valence-electron chi connectivity index (χ2n) is 9.27. The van der Waals surface area contributed by atoms with Crippen LogP contribution in [0.3, 0.4) is 0 Å². The smallest absolute Gasteiger partial charge is 0.335 e. The summed E-state index contributed by atoms with van der Waals surface area (Å²) in [7, 11) is 1.53. The molecule has 9 heteroatoms. The van der Waals surface area contributed by atoms with Gasteiger partial charge in [-0.15, -0.1) is 0 Å². The molecule has 0 aliphatic carbocycles. The van der Waals surface area contributed by atoms with Gasteiger partial charge in [-0.1, -0.05) is 23.8 Å². The number of carbonyl (C=O) groups is 4. The van der Waals surface area contributed by atoms with Gasteiger partial charge >= 0.3 is 6.03 Å². The molecule has 39 heavy (non-hydrogen) atoms. The number of amides is 5. The maximum Gasteiger partial charge on any atom is 0.335 e. The minimum absolute atomic E-state index is 0.145. The standard InChI is InChI=1S/C30H29N3O6/c1-17-12-18(2)27(19(3)13-17)33-29(36)25(28(35)32-30(33)37)15-21-6-11-26(38-5)22(14-21)16-39-24-9-7-23(8-10-24)31-20(4)34/h6-15H,16H2,1-5H3,(H,31,34)(H,32,35,37). The van der Waals surface area contributed by atoms with Gasteiger partial charge in [0.15, 0.2) is 0 Å². The highest BCUT2D eigenvalue weighted by atomic mass is 16.5. The average molecular weight is 528 g/mol. The highest BCUT2D eigenvalue weighted by molar-refractivity contribution is 6.39. The molecule has 0 aromatic heterocycles. The van der Waals surface area contributed by atoms with Gasteiger partial charge in [-0.2, -0.15) is 0 Å². The molecule has 1 aliphatic rings. The Kier molecular flexibility index (Phi) is 7.80. The summed E-state index contributed by atoms with van der Waals surface area (Å²) in [5.74, 6) is -0.492. The van der Waals surface area contributed by atoms with Crippen molar-refractivity contribution in [3.8, 4) is 11.5 Å². The van der Waals surface area contributed by atoms with Gasteiger partial charge in [0, 0.05) is 18.2 Å².